The molecule has 84 valence electrons. The van der Waals surface area contributed by atoms with E-state index in [4.69, 9.17) is 0 Å². The van der Waals surface area contributed by atoms with Crippen molar-refractivity contribution in [3.63, 3.8) is 0 Å². The van der Waals surface area contributed by atoms with Crippen LogP contribution in [0.15, 0.2) is 29.8 Å². The molecule has 0 aromatic heterocycles. The molecule has 1 fully saturated rings. The summed E-state index contributed by atoms with van der Waals surface area (Å²) in [5, 5.41) is 9.34. The molecule has 0 unspecified atom stereocenters. The van der Waals surface area contributed by atoms with Gasteiger partial charge in [0, 0.05) is 25.1 Å². The average Bonchev–Trinajstić information content (AvgIpc) is 2.24. The van der Waals surface area contributed by atoms with Gasteiger partial charge in [0.05, 0.1) is 0 Å². The van der Waals surface area contributed by atoms with E-state index in [-0.39, 0.29) is 11.5 Å². The van der Waals surface area contributed by atoms with Gasteiger partial charge in [0.15, 0.2) is 5.78 Å². The van der Waals surface area contributed by atoms with Crippen molar-refractivity contribution in [3.05, 3.63) is 35.4 Å². The zero-order chi connectivity index (χ0) is 11.5. The van der Waals surface area contributed by atoms with Crippen molar-refractivity contribution in [1.82, 2.24) is 4.90 Å². The molecule has 0 spiro atoms. The lowest BCUT2D eigenvalue weighted by Gasteiger charge is -2.23. The first-order valence-electron chi connectivity index (χ1n) is 5.36. The minimum Gasteiger partial charge on any atom is -0.508 e. The number of likely N-dealkylation sites (N-methyl/N-ethyl adjacent to an activating group) is 1. The molecule has 16 heavy (non-hydrogen) atoms. The largest absolute Gasteiger partial charge is 0.508 e. The third-order valence-electron chi connectivity index (χ3n) is 2.73. The Morgan fingerprint density at radius 2 is 2.25 bits per heavy atom. The number of ketones is 1. The highest BCUT2D eigenvalue weighted by Crippen LogP contribution is 2.17. The standard InChI is InChI=1S/C13H15NO2/c1-14-6-5-13(16)11(9-14)7-10-3-2-4-12(15)8-10/h2-4,7-8,15H,5-6,9H2,1H3/b11-7+. The number of likely N-dealkylation sites (tertiary alicyclic amines) is 1. The first kappa shape index (κ1) is 10.9. The van der Waals surface area contributed by atoms with Crippen LogP contribution in [-0.4, -0.2) is 35.9 Å². The predicted octanol–water partition coefficient (Wildman–Crippen LogP) is 1.68. The summed E-state index contributed by atoms with van der Waals surface area (Å²) < 4.78 is 0. The zero-order valence-electron chi connectivity index (χ0n) is 9.31. The number of piperidine rings is 1. The Morgan fingerprint density at radius 1 is 1.44 bits per heavy atom. The van der Waals surface area contributed by atoms with Crippen molar-refractivity contribution in [2.45, 2.75) is 6.42 Å². The lowest BCUT2D eigenvalue weighted by molar-refractivity contribution is -0.117. The lowest BCUT2D eigenvalue weighted by Crippen LogP contribution is -2.32. The first-order valence-corrected chi connectivity index (χ1v) is 5.36. The molecule has 0 amide bonds. The smallest absolute Gasteiger partial charge is 0.161 e. The van der Waals surface area contributed by atoms with Gasteiger partial charge in [-0.3, -0.25) is 4.79 Å². The number of hydrogen-bond donors (Lipinski definition) is 1. The van der Waals surface area contributed by atoms with E-state index in [0.29, 0.717) is 13.0 Å². The van der Waals surface area contributed by atoms with E-state index in [2.05, 4.69) is 4.90 Å². The predicted molar refractivity (Wildman–Crippen MR) is 63.2 cm³/mol. The number of carbonyl (C=O) groups is 1. The molecule has 0 atom stereocenters. The number of carbonyl (C=O) groups excluding carboxylic acids is 1. The summed E-state index contributed by atoms with van der Waals surface area (Å²) in [6, 6.07) is 6.94. The summed E-state index contributed by atoms with van der Waals surface area (Å²) in [4.78, 5) is 13.8. The van der Waals surface area contributed by atoms with Crippen LogP contribution in [0.4, 0.5) is 0 Å². The van der Waals surface area contributed by atoms with Crippen molar-refractivity contribution in [3.8, 4) is 5.75 Å². The van der Waals surface area contributed by atoms with Crippen molar-refractivity contribution >= 4 is 11.9 Å². The zero-order valence-corrected chi connectivity index (χ0v) is 9.31. The van der Waals surface area contributed by atoms with Crippen molar-refractivity contribution in [2.75, 3.05) is 20.1 Å². The Bertz CT molecular complexity index is 437. The Labute approximate surface area is 95.0 Å². The summed E-state index contributed by atoms with van der Waals surface area (Å²) in [6.45, 7) is 1.52. The SMILES string of the molecule is CN1CCC(=O)/C(=C/c2cccc(O)c2)C1. The van der Waals surface area contributed by atoms with Gasteiger partial charge in [-0.25, -0.2) is 0 Å². The quantitative estimate of drug-likeness (QED) is 0.728. The monoisotopic (exact) mass is 217 g/mol. The molecule has 1 aromatic carbocycles. The van der Waals surface area contributed by atoms with Gasteiger partial charge in [0.1, 0.15) is 5.75 Å². The fourth-order valence-electron chi connectivity index (χ4n) is 1.85. The molecule has 0 aliphatic carbocycles. The fourth-order valence-corrected chi connectivity index (χ4v) is 1.85. The van der Waals surface area contributed by atoms with Gasteiger partial charge in [-0.1, -0.05) is 12.1 Å². The van der Waals surface area contributed by atoms with Gasteiger partial charge in [-0.05, 0) is 30.8 Å². The maximum Gasteiger partial charge on any atom is 0.161 e. The Balaban J connectivity index is 2.25. The highest BCUT2D eigenvalue weighted by Gasteiger charge is 2.18. The van der Waals surface area contributed by atoms with Gasteiger partial charge in [0.2, 0.25) is 0 Å². The second-order valence-electron chi connectivity index (χ2n) is 4.18. The second kappa shape index (κ2) is 4.49. The molecule has 0 saturated carbocycles. The highest BCUT2D eigenvalue weighted by atomic mass is 16.3. The van der Waals surface area contributed by atoms with E-state index in [9.17, 15) is 9.90 Å². The number of phenolic OH excluding ortho intramolecular Hbond substituents is 1. The number of rotatable bonds is 1. The molecule has 1 heterocycles. The third kappa shape index (κ3) is 2.49. The van der Waals surface area contributed by atoms with E-state index in [0.717, 1.165) is 17.7 Å². The van der Waals surface area contributed by atoms with Crippen LogP contribution < -0.4 is 0 Å². The summed E-state index contributed by atoms with van der Waals surface area (Å²) >= 11 is 0. The molecule has 2 rings (SSSR count). The van der Waals surface area contributed by atoms with Crippen LogP contribution >= 0.6 is 0 Å². The summed E-state index contributed by atoms with van der Waals surface area (Å²) in [5.74, 6) is 0.437. The minimum atomic E-state index is 0.210. The normalized spacial score (nSPS) is 20.3. The maximum absolute atomic E-state index is 11.7. The van der Waals surface area contributed by atoms with Gasteiger partial charge >= 0.3 is 0 Å². The summed E-state index contributed by atoms with van der Waals surface area (Å²) in [7, 11) is 2.00. The van der Waals surface area contributed by atoms with Gasteiger partial charge in [0.25, 0.3) is 0 Å². The van der Waals surface area contributed by atoms with E-state index in [1.165, 1.54) is 0 Å². The number of benzene rings is 1. The molecule has 3 nitrogen and oxygen atoms in total. The van der Waals surface area contributed by atoms with Gasteiger partial charge < -0.3 is 10.0 Å². The highest BCUT2D eigenvalue weighted by molar-refractivity contribution is 6.00. The van der Waals surface area contributed by atoms with Crippen molar-refractivity contribution in [2.24, 2.45) is 0 Å². The molecule has 1 aromatic rings. The average molecular weight is 217 g/mol. The van der Waals surface area contributed by atoms with Crippen LogP contribution in [-0.2, 0) is 4.79 Å². The van der Waals surface area contributed by atoms with Crippen molar-refractivity contribution in [1.29, 1.82) is 0 Å². The number of aromatic hydroxyl groups is 1. The van der Waals surface area contributed by atoms with E-state index in [1.54, 1.807) is 18.2 Å². The molecule has 1 N–H and O–H groups in total. The van der Waals surface area contributed by atoms with Crippen LogP contribution in [0.5, 0.6) is 5.75 Å². The van der Waals surface area contributed by atoms with E-state index in [1.807, 2.05) is 19.2 Å². The number of phenols is 1. The van der Waals surface area contributed by atoms with Crippen LogP contribution in [0.25, 0.3) is 6.08 Å². The van der Waals surface area contributed by atoms with Crippen LogP contribution in [0, 0.1) is 0 Å². The van der Waals surface area contributed by atoms with Crippen LogP contribution in [0.2, 0.25) is 0 Å². The number of nitrogens with zero attached hydrogens (tertiary/aromatic N) is 1. The lowest BCUT2D eigenvalue weighted by atomic mass is 10.0. The molecule has 1 aliphatic rings. The van der Waals surface area contributed by atoms with Crippen LogP contribution in [0.3, 0.4) is 0 Å². The van der Waals surface area contributed by atoms with E-state index >= 15 is 0 Å². The van der Waals surface area contributed by atoms with Crippen molar-refractivity contribution < 1.29 is 9.90 Å². The fraction of sp³-hybridized carbons (Fsp3) is 0.308. The third-order valence-corrected chi connectivity index (χ3v) is 2.73. The van der Waals surface area contributed by atoms with E-state index < -0.39 is 0 Å². The van der Waals surface area contributed by atoms with Crippen LogP contribution in [0.1, 0.15) is 12.0 Å². The maximum atomic E-state index is 11.7. The number of Topliss-reactive ketones (excluding diaryl/α,β-unsaturated/α-hetero) is 1. The molecule has 1 aliphatic heterocycles. The number of hydrogen-bond acceptors (Lipinski definition) is 3. The summed E-state index contributed by atoms with van der Waals surface area (Å²) in [5.41, 5.74) is 1.69. The Morgan fingerprint density at radius 3 is 3.00 bits per heavy atom. The minimum absolute atomic E-state index is 0.210. The topological polar surface area (TPSA) is 40.5 Å². The van der Waals surface area contributed by atoms with Gasteiger partial charge in [-0.2, -0.15) is 0 Å². The molecular weight excluding hydrogens is 202 g/mol. The first-order chi connectivity index (χ1) is 7.65. The van der Waals surface area contributed by atoms with Gasteiger partial charge in [-0.15, -0.1) is 0 Å². The molecule has 0 bridgehead atoms. The molecule has 1 saturated heterocycles. The summed E-state index contributed by atoms with van der Waals surface area (Å²) in [6.07, 6.45) is 2.44. The molecule has 0 radical (unpaired) electrons. The molecular formula is C13H15NO2. The Kier molecular flexibility index (Phi) is 3.06. The molecule has 3 heteroatoms. The second-order valence-corrected chi connectivity index (χ2v) is 4.18. The Hall–Kier alpha value is -1.61.